The Bertz CT molecular complexity index is 1330. The van der Waals surface area contributed by atoms with Gasteiger partial charge in [-0.05, 0) is 94.0 Å². The van der Waals surface area contributed by atoms with Gasteiger partial charge in [0.05, 0.1) is 17.9 Å². The molecule has 9 nitrogen and oxygen atoms in total. The molecule has 0 atom stereocenters. The fourth-order valence-electron chi connectivity index (χ4n) is 6.84. The smallest absolute Gasteiger partial charge is 0.325 e. The molecular weight excluding hydrogens is 611 g/mol. The first kappa shape index (κ1) is 35.8. The Labute approximate surface area is 272 Å². The van der Waals surface area contributed by atoms with E-state index in [-0.39, 0.29) is 37.3 Å². The first-order valence-electron chi connectivity index (χ1n) is 16.9. The molecule has 0 saturated heterocycles. The number of aliphatic carboxylic acids is 1. The van der Waals surface area contributed by atoms with E-state index in [1.165, 1.54) is 113 Å². The average Bonchev–Trinajstić information content (AvgIpc) is 3.55. The zero-order chi connectivity index (χ0) is 33.0. The van der Waals surface area contributed by atoms with Gasteiger partial charge < -0.3 is 19.9 Å². The normalized spacial score (nSPS) is 18.8. The summed E-state index contributed by atoms with van der Waals surface area (Å²) in [6, 6.07) is 12.6. The molecule has 0 radical (unpaired) electrons. The van der Waals surface area contributed by atoms with E-state index >= 15 is 0 Å². The first-order valence-corrected chi connectivity index (χ1v) is 18.3. The van der Waals surface area contributed by atoms with Crippen LogP contribution in [0.5, 0.6) is 11.5 Å². The number of nitrogens with one attached hydrogen (secondary N) is 1. The van der Waals surface area contributed by atoms with Crippen molar-refractivity contribution < 1.29 is 37.0 Å². The van der Waals surface area contributed by atoms with Gasteiger partial charge >= 0.3 is 11.9 Å². The number of sulfonamides is 1. The summed E-state index contributed by atoms with van der Waals surface area (Å²) in [5.41, 5.74) is -1.62. The van der Waals surface area contributed by atoms with Gasteiger partial charge in [-0.3, -0.25) is 9.59 Å². The Morgan fingerprint density at radius 3 is 1.83 bits per heavy atom. The molecule has 2 aromatic rings. The van der Waals surface area contributed by atoms with Crippen molar-refractivity contribution >= 4 is 22.0 Å². The van der Waals surface area contributed by atoms with Crippen LogP contribution >= 0.6 is 0 Å². The molecule has 0 aliphatic heterocycles. The summed E-state index contributed by atoms with van der Waals surface area (Å²) >= 11 is 0. The van der Waals surface area contributed by atoms with E-state index in [1.54, 1.807) is 6.92 Å². The van der Waals surface area contributed by atoms with E-state index < -0.39 is 33.3 Å². The zero-order valence-corrected chi connectivity index (χ0v) is 27.7. The molecule has 3 fully saturated rings. The fourth-order valence-corrected chi connectivity index (χ4v) is 8.62. The summed E-state index contributed by atoms with van der Waals surface area (Å²) in [7, 11) is -4.25. The van der Waals surface area contributed by atoms with Gasteiger partial charge in [0.1, 0.15) is 22.9 Å². The van der Waals surface area contributed by atoms with Crippen LogP contribution in [0.15, 0.2) is 53.4 Å². The summed E-state index contributed by atoms with van der Waals surface area (Å²) in [5.74, 6) is -1.54. The van der Waals surface area contributed by atoms with Crippen molar-refractivity contribution in [3.63, 3.8) is 0 Å². The standard InChI is InChI=1S/C23H26FNO7S.C12H23N/c1-2-31-21(26)13-16-25(23(22(27)28)14-3-4-15-23)33(29,30)20-11-9-19(10-12-20)32-18-7-5-17(24)6-8-18;1-3-7-11(8-4-1)13-12-9-5-2-6-10-12/h5-12H,2-4,13-16H2,1H3,(H,27,28);11-13H,1-10H2. The van der Waals surface area contributed by atoms with E-state index in [4.69, 9.17) is 9.47 Å². The molecule has 3 aliphatic rings. The number of rotatable bonds is 12. The highest BCUT2D eigenvalue weighted by Gasteiger charge is 2.51. The number of carboxylic acid groups (broad SMARTS) is 1. The van der Waals surface area contributed by atoms with Crippen molar-refractivity contribution in [2.45, 2.75) is 126 Å². The van der Waals surface area contributed by atoms with E-state index in [0.717, 1.165) is 16.4 Å². The lowest BCUT2D eigenvalue weighted by Gasteiger charge is -2.36. The molecule has 3 saturated carbocycles. The topological polar surface area (TPSA) is 122 Å². The molecule has 0 bridgehead atoms. The summed E-state index contributed by atoms with van der Waals surface area (Å²) in [6.07, 6.45) is 15.8. The minimum absolute atomic E-state index is 0.120. The van der Waals surface area contributed by atoms with Crippen molar-refractivity contribution in [3.8, 4) is 11.5 Å². The number of esters is 1. The number of carbonyl (C=O) groups excluding carboxylic acids is 1. The van der Waals surface area contributed by atoms with Crippen LogP contribution in [-0.2, 0) is 24.3 Å². The molecule has 5 rings (SSSR count). The maximum atomic E-state index is 13.5. The van der Waals surface area contributed by atoms with Gasteiger partial charge in [-0.25, -0.2) is 12.8 Å². The molecule has 2 N–H and O–H groups in total. The molecule has 3 aliphatic carbocycles. The molecule has 0 amide bonds. The average molecular weight is 661 g/mol. The number of halogens is 1. The quantitative estimate of drug-likeness (QED) is 0.229. The highest BCUT2D eigenvalue weighted by molar-refractivity contribution is 7.89. The number of ether oxygens (including phenoxy) is 2. The number of hydrogen-bond acceptors (Lipinski definition) is 7. The van der Waals surface area contributed by atoms with Crippen molar-refractivity contribution in [1.29, 1.82) is 0 Å². The van der Waals surface area contributed by atoms with Crippen LogP contribution in [0.3, 0.4) is 0 Å². The molecule has 0 unspecified atom stereocenters. The lowest BCUT2D eigenvalue weighted by atomic mass is 9.91. The molecule has 11 heteroatoms. The predicted molar refractivity (Wildman–Crippen MR) is 174 cm³/mol. The fraction of sp³-hybridized carbons (Fsp3) is 0.600. The van der Waals surface area contributed by atoms with Crippen LogP contribution in [-0.4, -0.2) is 60.5 Å². The Morgan fingerprint density at radius 2 is 1.35 bits per heavy atom. The highest BCUT2D eigenvalue weighted by atomic mass is 32.2. The van der Waals surface area contributed by atoms with Gasteiger partial charge in [0.2, 0.25) is 10.0 Å². The van der Waals surface area contributed by atoms with Gasteiger partial charge in [0, 0.05) is 18.6 Å². The summed E-state index contributed by atoms with van der Waals surface area (Å²) in [5, 5.41) is 13.8. The number of hydrogen-bond donors (Lipinski definition) is 2. The maximum absolute atomic E-state index is 13.5. The number of benzene rings is 2. The second kappa shape index (κ2) is 17.2. The largest absolute Gasteiger partial charge is 0.480 e. The lowest BCUT2D eigenvalue weighted by Crippen LogP contribution is -2.55. The molecule has 0 spiro atoms. The molecular formula is C35H49FN2O7S. The predicted octanol–water partition coefficient (Wildman–Crippen LogP) is 7.20. The minimum Gasteiger partial charge on any atom is -0.480 e. The number of carboxylic acids is 1. The van der Waals surface area contributed by atoms with Crippen LogP contribution in [0.2, 0.25) is 0 Å². The molecule has 0 aromatic heterocycles. The third kappa shape index (κ3) is 9.75. The van der Waals surface area contributed by atoms with Gasteiger partial charge in [0.25, 0.3) is 0 Å². The molecule has 46 heavy (non-hydrogen) atoms. The monoisotopic (exact) mass is 660 g/mol. The van der Waals surface area contributed by atoms with E-state index in [1.807, 2.05) is 0 Å². The van der Waals surface area contributed by atoms with E-state index in [9.17, 15) is 27.5 Å². The van der Waals surface area contributed by atoms with Crippen molar-refractivity contribution in [3.05, 3.63) is 54.3 Å². The SMILES string of the molecule is C1CCC(NC2CCCCC2)CC1.CCOC(=O)CCN(C1(C(=O)O)CCCC1)S(=O)(=O)c1ccc(Oc2ccc(F)cc2)cc1. The second-order valence-electron chi connectivity index (χ2n) is 12.5. The third-order valence-corrected chi connectivity index (χ3v) is 11.3. The van der Waals surface area contributed by atoms with Crippen LogP contribution in [0.25, 0.3) is 0 Å². The van der Waals surface area contributed by atoms with Crippen LogP contribution in [0, 0.1) is 5.82 Å². The van der Waals surface area contributed by atoms with Crippen LogP contribution in [0.4, 0.5) is 4.39 Å². The lowest BCUT2D eigenvalue weighted by molar-refractivity contribution is -0.150. The van der Waals surface area contributed by atoms with Crippen molar-refractivity contribution in [1.82, 2.24) is 9.62 Å². The highest BCUT2D eigenvalue weighted by Crippen LogP contribution is 2.39. The molecule has 2 aromatic carbocycles. The Hall–Kier alpha value is -3.02. The van der Waals surface area contributed by atoms with E-state index in [2.05, 4.69) is 5.32 Å². The first-order chi connectivity index (χ1) is 22.1. The van der Waals surface area contributed by atoms with Crippen molar-refractivity contribution in [2.24, 2.45) is 0 Å². The van der Waals surface area contributed by atoms with Gasteiger partial charge in [-0.2, -0.15) is 4.31 Å². The molecule has 0 heterocycles. The van der Waals surface area contributed by atoms with E-state index in [0.29, 0.717) is 24.3 Å². The van der Waals surface area contributed by atoms with Crippen molar-refractivity contribution in [2.75, 3.05) is 13.2 Å². The minimum atomic E-state index is -4.25. The second-order valence-corrected chi connectivity index (χ2v) is 14.4. The maximum Gasteiger partial charge on any atom is 0.325 e. The number of carbonyl (C=O) groups is 2. The van der Waals surface area contributed by atoms with Gasteiger partial charge in [-0.1, -0.05) is 51.4 Å². The number of nitrogens with zero attached hydrogens (tertiary/aromatic N) is 1. The Balaban J connectivity index is 0.000000305. The summed E-state index contributed by atoms with van der Waals surface area (Å²) in [6.45, 7) is 1.48. The summed E-state index contributed by atoms with van der Waals surface area (Å²) in [4.78, 5) is 24.0. The summed E-state index contributed by atoms with van der Waals surface area (Å²) < 4.78 is 51.6. The molecule has 254 valence electrons. The van der Waals surface area contributed by atoms with Gasteiger partial charge in [-0.15, -0.1) is 0 Å². The van der Waals surface area contributed by atoms with Crippen LogP contribution < -0.4 is 10.1 Å². The van der Waals surface area contributed by atoms with Gasteiger partial charge in [0.15, 0.2) is 0 Å². The third-order valence-electron chi connectivity index (χ3n) is 9.27. The zero-order valence-electron chi connectivity index (χ0n) is 26.9. The van der Waals surface area contributed by atoms with Crippen LogP contribution in [0.1, 0.15) is 103 Å². The Kier molecular flexibility index (Phi) is 13.4. The Morgan fingerprint density at radius 1 is 0.848 bits per heavy atom.